The number of benzene rings is 1. The van der Waals surface area contributed by atoms with Crippen molar-refractivity contribution in [1.29, 1.82) is 0 Å². The quantitative estimate of drug-likeness (QED) is 0.721. The Bertz CT molecular complexity index is 998. The molecule has 1 N–H and O–H groups in total. The number of hydrogen-bond donors (Lipinski definition) is 1. The van der Waals surface area contributed by atoms with Gasteiger partial charge >= 0.3 is 0 Å². The molecule has 3 aromatic rings. The van der Waals surface area contributed by atoms with E-state index in [4.69, 9.17) is 9.72 Å². The Hall–Kier alpha value is -3.15. The van der Waals surface area contributed by atoms with Crippen molar-refractivity contribution >= 4 is 5.91 Å². The SMILES string of the molecule is COc1cccc(Cc2cccc(C3CCCN(C(=O)c4cn[nH]c4C)C3)n2)c1. The maximum Gasteiger partial charge on any atom is 0.257 e. The van der Waals surface area contributed by atoms with E-state index in [0.29, 0.717) is 12.1 Å². The number of amides is 1. The highest BCUT2D eigenvalue weighted by molar-refractivity contribution is 5.95. The van der Waals surface area contributed by atoms with Gasteiger partial charge in [0.1, 0.15) is 5.75 Å². The second-order valence-corrected chi connectivity index (χ2v) is 7.58. The summed E-state index contributed by atoms with van der Waals surface area (Å²) in [4.78, 5) is 19.7. The average Bonchev–Trinajstić information content (AvgIpc) is 3.19. The lowest BCUT2D eigenvalue weighted by molar-refractivity contribution is 0.0705. The summed E-state index contributed by atoms with van der Waals surface area (Å²) in [6.07, 6.45) is 4.40. The summed E-state index contributed by atoms with van der Waals surface area (Å²) in [7, 11) is 1.68. The summed E-state index contributed by atoms with van der Waals surface area (Å²) in [6, 6.07) is 14.3. The van der Waals surface area contributed by atoms with Crippen LogP contribution in [0.2, 0.25) is 0 Å². The van der Waals surface area contributed by atoms with Gasteiger partial charge in [-0.1, -0.05) is 18.2 Å². The van der Waals surface area contributed by atoms with E-state index in [0.717, 1.165) is 48.6 Å². The second kappa shape index (κ2) is 8.47. The number of hydrogen-bond acceptors (Lipinski definition) is 4. The number of pyridine rings is 1. The topological polar surface area (TPSA) is 71.1 Å². The molecule has 1 aliphatic heterocycles. The highest BCUT2D eigenvalue weighted by Crippen LogP contribution is 2.27. The molecule has 1 unspecified atom stereocenters. The molecule has 1 aliphatic rings. The molecule has 6 heteroatoms. The van der Waals surface area contributed by atoms with Gasteiger partial charge in [0.25, 0.3) is 5.91 Å². The average molecular weight is 390 g/mol. The Morgan fingerprint density at radius 2 is 2.14 bits per heavy atom. The molecular weight excluding hydrogens is 364 g/mol. The molecule has 29 heavy (non-hydrogen) atoms. The lowest BCUT2D eigenvalue weighted by atomic mass is 9.93. The van der Waals surface area contributed by atoms with Gasteiger partial charge in [0.15, 0.2) is 0 Å². The fourth-order valence-corrected chi connectivity index (χ4v) is 3.96. The number of carbonyl (C=O) groups excluding carboxylic acids is 1. The molecule has 0 aliphatic carbocycles. The molecule has 0 bridgehead atoms. The van der Waals surface area contributed by atoms with Crippen LogP contribution in [0.3, 0.4) is 0 Å². The standard InChI is InChI=1S/C23H26N4O2/c1-16-21(14-24-26-16)23(28)27-11-5-7-18(15-27)22-10-4-8-19(25-22)12-17-6-3-9-20(13-17)29-2/h3-4,6,8-10,13-14,18H,5,7,11-12,15H2,1-2H3,(H,24,26). The van der Waals surface area contributed by atoms with E-state index in [2.05, 4.69) is 34.5 Å². The van der Waals surface area contributed by atoms with E-state index in [1.807, 2.05) is 30.0 Å². The van der Waals surface area contributed by atoms with Crippen molar-refractivity contribution in [2.45, 2.75) is 32.1 Å². The number of aromatic amines is 1. The molecular formula is C23H26N4O2. The van der Waals surface area contributed by atoms with Gasteiger partial charge in [0.2, 0.25) is 0 Å². The van der Waals surface area contributed by atoms with Crippen molar-refractivity contribution in [3.63, 3.8) is 0 Å². The normalized spacial score (nSPS) is 16.6. The number of aryl methyl sites for hydroxylation is 1. The molecule has 150 valence electrons. The number of nitrogens with one attached hydrogen (secondary N) is 1. The third-order valence-electron chi connectivity index (χ3n) is 5.53. The number of nitrogens with zero attached hydrogens (tertiary/aromatic N) is 3. The first-order valence-corrected chi connectivity index (χ1v) is 10.0. The van der Waals surface area contributed by atoms with E-state index in [9.17, 15) is 4.79 Å². The fraction of sp³-hybridized carbons (Fsp3) is 0.348. The molecule has 1 amide bonds. The molecule has 0 radical (unpaired) electrons. The van der Waals surface area contributed by atoms with Crippen LogP contribution in [-0.2, 0) is 6.42 Å². The van der Waals surface area contributed by atoms with Crippen LogP contribution in [0.5, 0.6) is 5.75 Å². The number of methoxy groups -OCH3 is 1. The maximum atomic E-state index is 12.9. The number of rotatable bonds is 5. The van der Waals surface area contributed by atoms with Crippen molar-refractivity contribution in [3.8, 4) is 5.75 Å². The molecule has 4 rings (SSSR count). The van der Waals surface area contributed by atoms with Crippen molar-refractivity contribution in [3.05, 3.63) is 76.9 Å². The van der Waals surface area contributed by atoms with Gasteiger partial charge in [-0.05, 0) is 49.6 Å². The summed E-state index contributed by atoms with van der Waals surface area (Å²) in [5.41, 5.74) is 4.74. The third-order valence-corrected chi connectivity index (χ3v) is 5.53. The molecule has 0 spiro atoms. The molecule has 2 aromatic heterocycles. The molecule has 1 aromatic carbocycles. The number of piperidine rings is 1. The first-order valence-electron chi connectivity index (χ1n) is 10.0. The number of likely N-dealkylation sites (tertiary alicyclic amines) is 1. The fourth-order valence-electron chi connectivity index (χ4n) is 3.96. The van der Waals surface area contributed by atoms with Crippen LogP contribution in [0.25, 0.3) is 0 Å². The van der Waals surface area contributed by atoms with Crippen LogP contribution in [-0.4, -0.2) is 46.2 Å². The minimum Gasteiger partial charge on any atom is -0.497 e. The molecule has 3 heterocycles. The highest BCUT2D eigenvalue weighted by Gasteiger charge is 2.27. The first kappa shape index (κ1) is 19.2. The summed E-state index contributed by atoms with van der Waals surface area (Å²) in [6.45, 7) is 3.35. The monoisotopic (exact) mass is 390 g/mol. The predicted octanol–water partition coefficient (Wildman–Crippen LogP) is 3.73. The molecule has 1 saturated heterocycles. The lowest BCUT2D eigenvalue weighted by Gasteiger charge is -2.32. The van der Waals surface area contributed by atoms with E-state index < -0.39 is 0 Å². The third kappa shape index (κ3) is 4.31. The minimum absolute atomic E-state index is 0.0495. The molecule has 0 saturated carbocycles. The van der Waals surface area contributed by atoms with E-state index in [1.165, 1.54) is 5.56 Å². The van der Waals surface area contributed by atoms with Crippen LogP contribution < -0.4 is 4.74 Å². The van der Waals surface area contributed by atoms with Gasteiger partial charge in [-0.15, -0.1) is 0 Å². The highest BCUT2D eigenvalue weighted by atomic mass is 16.5. The largest absolute Gasteiger partial charge is 0.497 e. The summed E-state index contributed by atoms with van der Waals surface area (Å²) >= 11 is 0. The molecule has 6 nitrogen and oxygen atoms in total. The summed E-state index contributed by atoms with van der Waals surface area (Å²) in [5.74, 6) is 1.16. The van der Waals surface area contributed by atoms with Gasteiger partial charge in [-0.3, -0.25) is 14.9 Å². The smallest absolute Gasteiger partial charge is 0.257 e. The van der Waals surface area contributed by atoms with Gasteiger partial charge in [-0.25, -0.2) is 0 Å². The Morgan fingerprint density at radius 1 is 1.28 bits per heavy atom. The zero-order valence-electron chi connectivity index (χ0n) is 16.9. The summed E-state index contributed by atoms with van der Waals surface area (Å²) in [5, 5.41) is 6.84. The van der Waals surface area contributed by atoms with Crippen LogP contribution in [0.4, 0.5) is 0 Å². The van der Waals surface area contributed by atoms with Crippen LogP contribution in [0.15, 0.2) is 48.7 Å². The molecule has 1 atom stereocenters. The van der Waals surface area contributed by atoms with Crippen molar-refractivity contribution < 1.29 is 9.53 Å². The number of ether oxygens (including phenoxy) is 1. The second-order valence-electron chi connectivity index (χ2n) is 7.58. The first-order chi connectivity index (χ1) is 14.1. The van der Waals surface area contributed by atoms with Crippen molar-refractivity contribution in [2.75, 3.05) is 20.2 Å². The Kier molecular flexibility index (Phi) is 5.60. The van der Waals surface area contributed by atoms with Crippen LogP contribution in [0.1, 0.15) is 51.8 Å². The van der Waals surface area contributed by atoms with Gasteiger partial charge in [-0.2, -0.15) is 5.10 Å². The van der Waals surface area contributed by atoms with Gasteiger partial charge < -0.3 is 9.64 Å². The Balaban J connectivity index is 1.48. The van der Waals surface area contributed by atoms with Crippen LogP contribution >= 0.6 is 0 Å². The predicted molar refractivity (Wildman–Crippen MR) is 111 cm³/mol. The Morgan fingerprint density at radius 3 is 2.93 bits per heavy atom. The zero-order chi connectivity index (χ0) is 20.2. The minimum atomic E-state index is 0.0495. The lowest BCUT2D eigenvalue weighted by Crippen LogP contribution is -2.39. The number of carbonyl (C=O) groups is 1. The van der Waals surface area contributed by atoms with Gasteiger partial charge in [0, 0.05) is 42.5 Å². The number of H-pyrrole nitrogens is 1. The van der Waals surface area contributed by atoms with E-state index >= 15 is 0 Å². The van der Waals surface area contributed by atoms with Gasteiger partial charge in [0.05, 0.1) is 18.9 Å². The van der Waals surface area contributed by atoms with Crippen molar-refractivity contribution in [2.24, 2.45) is 0 Å². The molecule has 1 fully saturated rings. The number of aromatic nitrogens is 3. The summed E-state index contributed by atoms with van der Waals surface area (Å²) < 4.78 is 5.32. The Labute approximate surface area is 170 Å². The van der Waals surface area contributed by atoms with Crippen LogP contribution in [0, 0.1) is 6.92 Å². The van der Waals surface area contributed by atoms with Crippen molar-refractivity contribution in [1.82, 2.24) is 20.1 Å². The zero-order valence-corrected chi connectivity index (χ0v) is 16.9. The van der Waals surface area contributed by atoms with E-state index in [-0.39, 0.29) is 11.8 Å². The maximum absolute atomic E-state index is 12.9. The van der Waals surface area contributed by atoms with E-state index in [1.54, 1.807) is 13.3 Å².